The fourth-order valence-corrected chi connectivity index (χ4v) is 5.32. The Labute approximate surface area is 119 Å². The molecular formula is C12H18N2O4S2. The van der Waals surface area contributed by atoms with E-state index in [0.29, 0.717) is 24.3 Å². The summed E-state index contributed by atoms with van der Waals surface area (Å²) in [5.74, 6) is -0.776. The minimum Gasteiger partial charge on any atom is -0.398 e. The number of nitrogen functional groups attached to an aromatic ring is 1. The highest BCUT2D eigenvalue weighted by molar-refractivity contribution is 7.95. The van der Waals surface area contributed by atoms with Crippen LogP contribution in [0.4, 0.5) is 11.4 Å². The topological polar surface area (TPSA) is 97.5 Å². The maximum absolute atomic E-state index is 12.3. The second kappa shape index (κ2) is 4.92. The molecule has 1 aliphatic heterocycles. The zero-order valence-electron chi connectivity index (χ0n) is 11.5. The Bertz CT molecular complexity index is 739. The van der Waals surface area contributed by atoms with Gasteiger partial charge in [-0.25, -0.2) is 16.8 Å². The Hall–Kier alpha value is -1.28. The molecule has 20 heavy (non-hydrogen) atoms. The van der Waals surface area contributed by atoms with Gasteiger partial charge in [0, 0.05) is 18.5 Å². The Morgan fingerprint density at radius 2 is 1.85 bits per heavy atom. The molecule has 0 aliphatic carbocycles. The van der Waals surface area contributed by atoms with Crippen molar-refractivity contribution >= 4 is 31.2 Å². The average Bonchev–Trinajstić information content (AvgIpc) is 2.70. The van der Waals surface area contributed by atoms with Gasteiger partial charge in [0.15, 0.2) is 0 Å². The molecule has 0 saturated carbocycles. The smallest absolute Gasteiger partial charge is 0.236 e. The van der Waals surface area contributed by atoms with Crippen molar-refractivity contribution < 1.29 is 16.8 Å². The van der Waals surface area contributed by atoms with E-state index in [1.54, 1.807) is 6.07 Å². The van der Waals surface area contributed by atoms with Crippen LogP contribution in [0.25, 0.3) is 0 Å². The van der Waals surface area contributed by atoms with Crippen molar-refractivity contribution in [2.45, 2.75) is 13.3 Å². The lowest BCUT2D eigenvalue weighted by Crippen LogP contribution is -2.33. The van der Waals surface area contributed by atoms with Crippen LogP contribution >= 0.6 is 0 Å². The number of benzene rings is 1. The number of fused-ring (bicyclic) bond motifs is 1. The summed E-state index contributed by atoms with van der Waals surface area (Å²) in [6, 6.07) is 3.53. The van der Waals surface area contributed by atoms with Crippen molar-refractivity contribution in [3.8, 4) is 0 Å². The van der Waals surface area contributed by atoms with Crippen LogP contribution in [0.5, 0.6) is 0 Å². The largest absolute Gasteiger partial charge is 0.398 e. The number of anilines is 2. The maximum atomic E-state index is 12.3. The van der Waals surface area contributed by atoms with Gasteiger partial charge in [0.1, 0.15) is 9.84 Å². The molecule has 1 aliphatic rings. The first-order chi connectivity index (χ1) is 9.10. The van der Waals surface area contributed by atoms with Crippen LogP contribution in [-0.2, 0) is 26.3 Å². The number of sulfonamides is 1. The average molecular weight is 318 g/mol. The van der Waals surface area contributed by atoms with Crippen LogP contribution in [0.2, 0.25) is 0 Å². The molecule has 1 aromatic rings. The van der Waals surface area contributed by atoms with Crippen molar-refractivity contribution in [1.82, 2.24) is 0 Å². The fourth-order valence-electron chi connectivity index (χ4n) is 2.20. The summed E-state index contributed by atoms with van der Waals surface area (Å²) in [4.78, 5) is 0. The first kappa shape index (κ1) is 15.1. The third kappa shape index (κ3) is 3.06. The van der Waals surface area contributed by atoms with Crippen LogP contribution in [0.3, 0.4) is 0 Å². The molecule has 0 atom stereocenters. The molecule has 0 aromatic heterocycles. The molecule has 2 N–H and O–H groups in total. The third-order valence-corrected chi connectivity index (χ3v) is 6.34. The third-order valence-electron chi connectivity index (χ3n) is 3.37. The Morgan fingerprint density at radius 1 is 1.20 bits per heavy atom. The molecule has 1 aromatic carbocycles. The zero-order valence-corrected chi connectivity index (χ0v) is 13.1. The molecule has 0 saturated heterocycles. The lowest BCUT2D eigenvalue weighted by atomic mass is 10.1. The number of aryl methyl sites for hydroxylation is 1. The molecule has 0 bridgehead atoms. The van der Waals surface area contributed by atoms with E-state index in [1.807, 2.05) is 13.0 Å². The Kier molecular flexibility index (Phi) is 3.72. The second-order valence-electron chi connectivity index (χ2n) is 5.11. The van der Waals surface area contributed by atoms with Gasteiger partial charge in [0.2, 0.25) is 10.0 Å². The molecular weight excluding hydrogens is 300 g/mol. The number of rotatable bonds is 4. The summed E-state index contributed by atoms with van der Waals surface area (Å²) in [6.07, 6.45) is 1.65. The van der Waals surface area contributed by atoms with E-state index in [-0.39, 0.29) is 5.75 Å². The standard InChI is InChI=1S/C12H18N2O4S2/c1-9-7-10-3-4-14(12(10)8-11(9)13)20(17,18)6-5-19(2,15)16/h7-8H,3-6,13H2,1-2H3. The number of nitrogens with two attached hydrogens (primary N) is 1. The van der Waals surface area contributed by atoms with Crippen LogP contribution in [0.15, 0.2) is 12.1 Å². The summed E-state index contributed by atoms with van der Waals surface area (Å²) >= 11 is 0. The molecule has 8 heteroatoms. The van der Waals surface area contributed by atoms with E-state index < -0.39 is 25.6 Å². The number of hydrogen-bond donors (Lipinski definition) is 1. The van der Waals surface area contributed by atoms with Crippen LogP contribution in [0, 0.1) is 6.92 Å². The van der Waals surface area contributed by atoms with E-state index in [2.05, 4.69) is 0 Å². The predicted molar refractivity (Wildman–Crippen MR) is 80.1 cm³/mol. The van der Waals surface area contributed by atoms with Crippen molar-refractivity contribution in [2.75, 3.05) is 34.3 Å². The molecule has 112 valence electrons. The predicted octanol–water partition coefficient (Wildman–Crippen LogP) is 0.314. The van der Waals surface area contributed by atoms with Gasteiger partial charge >= 0.3 is 0 Å². The van der Waals surface area contributed by atoms with Gasteiger partial charge in [0.05, 0.1) is 17.2 Å². The SMILES string of the molecule is Cc1cc2c(cc1N)N(S(=O)(=O)CCS(C)(=O)=O)CC2. The molecule has 0 amide bonds. The van der Waals surface area contributed by atoms with E-state index >= 15 is 0 Å². The normalized spacial score (nSPS) is 15.4. The van der Waals surface area contributed by atoms with Gasteiger partial charge in [-0.2, -0.15) is 0 Å². The number of hydrogen-bond acceptors (Lipinski definition) is 5. The highest BCUT2D eigenvalue weighted by Gasteiger charge is 2.30. The van der Waals surface area contributed by atoms with E-state index in [1.165, 1.54) is 4.31 Å². The quantitative estimate of drug-likeness (QED) is 0.806. The van der Waals surface area contributed by atoms with Crippen LogP contribution in [-0.4, -0.2) is 41.1 Å². The minimum atomic E-state index is -3.64. The van der Waals surface area contributed by atoms with E-state index in [9.17, 15) is 16.8 Å². The molecule has 0 spiro atoms. The first-order valence-corrected chi connectivity index (χ1v) is 9.84. The summed E-state index contributed by atoms with van der Waals surface area (Å²) < 4.78 is 48.1. The monoisotopic (exact) mass is 318 g/mol. The Balaban J connectivity index is 2.31. The Morgan fingerprint density at radius 3 is 2.45 bits per heavy atom. The van der Waals surface area contributed by atoms with E-state index in [0.717, 1.165) is 17.4 Å². The summed E-state index contributed by atoms with van der Waals surface area (Å²) in [6.45, 7) is 2.21. The van der Waals surface area contributed by atoms with Crippen molar-refractivity contribution in [2.24, 2.45) is 0 Å². The van der Waals surface area contributed by atoms with Gasteiger partial charge in [-0.05, 0) is 30.5 Å². The van der Waals surface area contributed by atoms with Gasteiger partial charge in [-0.15, -0.1) is 0 Å². The second-order valence-corrected chi connectivity index (χ2v) is 9.38. The molecule has 0 radical (unpaired) electrons. The van der Waals surface area contributed by atoms with Crippen molar-refractivity contribution in [3.05, 3.63) is 23.3 Å². The minimum absolute atomic E-state index is 0.338. The molecule has 1 heterocycles. The van der Waals surface area contributed by atoms with Crippen LogP contribution in [0.1, 0.15) is 11.1 Å². The van der Waals surface area contributed by atoms with Gasteiger partial charge in [-0.3, -0.25) is 4.31 Å². The lowest BCUT2D eigenvalue weighted by Gasteiger charge is -2.20. The zero-order chi connectivity index (χ0) is 15.1. The molecule has 0 unspecified atom stereocenters. The summed E-state index contributed by atoms with van der Waals surface area (Å²) in [7, 11) is -6.95. The van der Waals surface area contributed by atoms with Crippen molar-refractivity contribution in [3.63, 3.8) is 0 Å². The lowest BCUT2D eigenvalue weighted by molar-refractivity contribution is 0.587. The fraction of sp³-hybridized carbons (Fsp3) is 0.500. The molecule has 2 rings (SSSR count). The van der Waals surface area contributed by atoms with Crippen LogP contribution < -0.4 is 10.0 Å². The van der Waals surface area contributed by atoms with Gasteiger partial charge in [0.25, 0.3) is 0 Å². The van der Waals surface area contributed by atoms with Crippen molar-refractivity contribution in [1.29, 1.82) is 0 Å². The van der Waals surface area contributed by atoms with Gasteiger partial charge in [-0.1, -0.05) is 6.07 Å². The highest BCUT2D eigenvalue weighted by Crippen LogP contribution is 2.33. The van der Waals surface area contributed by atoms with Gasteiger partial charge < -0.3 is 5.73 Å². The summed E-state index contributed by atoms with van der Waals surface area (Å²) in [5.41, 5.74) is 8.78. The first-order valence-electron chi connectivity index (χ1n) is 6.17. The van der Waals surface area contributed by atoms with E-state index in [4.69, 9.17) is 5.73 Å². The highest BCUT2D eigenvalue weighted by atomic mass is 32.2. The molecule has 6 nitrogen and oxygen atoms in total. The number of nitrogens with zero attached hydrogens (tertiary/aromatic N) is 1. The summed E-state index contributed by atoms with van der Waals surface area (Å²) in [5, 5.41) is 0. The maximum Gasteiger partial charge on any atom is 0.236 e. The molecule has 0 fully saturated rings. The number of sulfone groups is 1.